The Morgan fingerprint density at radius 2 is 1.69 bits per heavy atom. The van der Waals surface area contributed by atoms with Gasteiger partial charge in [0.1, 0.15) is 22.9 Å². The Bertz CT molecular complexity index is 2130. The van der Waals surface area contributed by atoms with Crippen molar-refractivity contribution in [2.45, 2.75) is 25.3 Å². The number of hydrogen-bond donors (Lipinski definition) is 1. The molecule has 3 fully saturated rings. The number of ether oxygens (including phenoxy) is 3. The summed E-state index contributed by atoms with van der Waals surface area (Å²) in [5, 5.41) is 4.58. The zero-order chi connectivity index (χ0) is 34.0. The number of carbonyl (C=O) groups is 1. The van der Waals surface area contributed by atoms with Gasteiger partial charge in [-0.05, 0) is 50.1 Å². The molecule has 1 aliphatic carbocycles. The molecule has 2 saturated heterocycles. The van der Waals surface area contributed by atoms with Gasteiger partial charge < -0.3 is 24.4 Å². The van der Waals surface area contributed by atoms with Crippen molar-refractivity contribution < 1.29 is 19.0 Å². The molecule has 252 valence electrons. The minimum absolute atomic E-state index is 0.279. The molecule has 0 radical (unpaired) electrons. The summed E-state index contributed by atoms with van der Waals surface area (Å²) in [6.45, 7) is 7.88. The Morgan fingerprint density at radius 1 is 0.959 bits per heavy atom. The molecule has 5 heterocycles. The third kappa shape index (κ3) is 5.33. The smallest absolute Gasteiger partial charge is 0.247 e. The summed E-state index contributed by atoms with van der Waals surface area (Å²) >= 11 is 13.7. The first kappa shape index (κ1) is 31.7. The van der Waals surface area contributed by atoms with E-state index in [4.69, 9.17) is 42.4 Å². The molecule has 1 amide bonds. The van der Waals surface area contributed by atoms with Crippen LogP contribution in [0.15, 0.2) is 61.6 Å². The molecule has 3 aliphatic rings. The van der Waals surface area contributed by atoms with Gasteiger partial charge >= 0.3 is 0 Å². The summed E-state index contributed by atoms with van der Waals surface area (Å²) in [4.78, 5) is 27.2. The van der Waals surface area contributed by atoms with Crippen molar-refractivity contribution in [3.63, 3.8) is 0 Å². The first-order chi connectivity index (χ1) is 23.8. The lowest BCUT2D eigenvalue weighted by Crippen LogP contribution is -2.58. The van der Waals surface area contributed by atoms with E-state index in [1.165, 1.54) is 31.9 Å². The second-order valence-electron chi connectivity index (χ2n) is 13.2. The van der Waals surface area contributed by atoms with Gasteiger partial charge in [-0.2, -0.15) is 0 Å². The van der Waals surface area contributed by atoms with Crippen LogP contribution in [0, 0.1) is 5.41 Å². The Kier molecular flexibility index (Phi) is 7.85. The Labute approximate surface area is 294 Å². The van der Waals surface area contributed by atoms with Crippen LogP contribution in [0.3, 0.4) is 0 Å². The summed E-state index contributed by atoms with van der Waals surface area (Å²) in [6.07, 6.45) is 10.6. The minimum atomic E-state index is -0.279. The van der Waals surface area contributed by atoms with Crippen molar-refractivity contribution in [1.29, 1.82) is 0 Å². The lowest BCUT2D eigenvalue weighted by molar-refractivity contribution is -0.111. The number of benzene rings is 2. The monoisotopic (exact) mass is 698 g/mol. The van der Waals surface area contributed by atoms with Gasteiger partial charge in [0.15, 0.2) is 0 Å². The third-order valence-corrected chi connectivity index (χ3v) is 10.9. The zero-order valence-corrected chi connectivity index (χ0v) is 29.1. The van der Waals surface area contributed by atoms with Crippen molar-refractivity contribution in [2.75, 3.05) is 57.7 Å². The molecule has 5 aromatic rings. The average Bonchev–Trinajstić information content (AvgIpc) is 3.64. The maximum Gasteiger partial charge on any atom is 0.247 e. The fourth-order valence-corrected chi connectivity index (χ4v) is 8.25. The average molecular weight is 700 g/mol. The molecule has 1 saturated carbocycles. The van der Waals surface area contributed by atoms with Crippen LogP contribution < -0.4 is 24.4 Å². The number of pyridine rings is 2. The van der Waals surface area contributed by atoms with Gasteiger partial charge in [-0.15, -0.1) is 0 Å². The Morgan fingerprint density at radius 3 is 2.37 bits per heavy atom. The first-order valence-electron chi connectivity index (χ1n) is 16.3. The number of hydrogen-bond acceptors (Lipinski definition) is 8. The molecule has 49 heavy (non-hydrogen) atoms. The van der Waals surface area contributed by atoms with E-state index in [9.17, 15) is 4.79 Å². The molecule has 8 rings (SSSR count). The summed E-state index contributed by atoms with van der Waals surface area (Å²) in [5.41, 5.74) is 6.07. The van der Waals surface area contributed by atoms with E-state index in [1.54, 1.807) is 39.8 Å². The lowest BCUT2D eigenvalue weighted by Gasteiger charge is -2.50. The Balaban J connectivity index is 1.21. The standard InChI is InChI=1S/C37H36Cl2N6O4/c1-5-32(46)42-26-13-23(29(47-2)15-28(26)44-19-37(20-44)8-10-43(18-37)22-6-7-22)25-14-27-21(17-41-25)12-24(36-40-9-11-45(27)36)33-34(38)30(48-3)16-31(49-4)35(33)39/h5,9,11-17,22H,1,6-8,10,18-20H2,2-4H3,(H,42,46). The SMILES string of the molecule is C=CC(=O)Nc1cc(-c2cc3c(cn2)cc(-c2c(Cl)c(OC)cc(OC)c2Cl)c2nccn23)c(OC)cc1N1CC2(CCN(C3CC3)C2)C1. The van der Waals surface area contributed by atoms with Gasteiger partial charge in [0, 0.05) is 83.9 Å². The number of halogens is 2. The largest absolute Gasteiger partial charge is 0.496 e. The summed E-state index contributed by atoms with van der Waals surface area (Å²) in [5.74, 6) is 1.25. The highest BCUT2D eigenvalue weighted by molar-refractivity contribution is 6.41. The van der Waals surface area contributed by atoms with Crippen LogP contribution in [0.25, 0.3) is 38.9 Å². The highest BCUT2D eigenvalue weighted by Gasteiger charge is 2.50. The van der Waals surface area contributed by atoms with Crippen LogP contribution in [0.4, 0.5) is 11.4 Å². The molecular formula is C37H36Cl2N6O4. The van der Waals surface area contributed by atoms with Gasteiger partial charge in [0.2, 0.25) is 5.91 Å². The van der Waals surface area contributed by atoms with Crippen LogP contribution in [0.5, 0.6) is 17.2 Å². The number of imidazole rings is 1. The molecule has 1 spiro atoms. The Hall–Kier alpha value is -4.51. The molecule has 3 aromatic heterocycles. The summed E-state index contributed by atoms with van der Waals surface area (Å²) in [6, 6.07) is 10.3. The molecule has 0 unspecified atom stereocenters. The van der Waals surface area contributed by atoms with E-state index in [1.807, 2.05) is 34.9 Å². The van der Waals surface area contributed by atoms with Gasteiger partial charge in [-0.25, -0.2) is 4.98 Å². The van der Waals surface area contributed by atoms with Crippen LogP contribution in [-0.2, 0) is 4.79 Å². The van der Waals surface area contributed by atoms with Crippen molar-refractivity contribution in [1.82, 2.24) is 19.3 Å². The number of fused-ring (bicyclic) bond motifs is 3. The lowest BCUT2D eigenvalue weighted by atomic mass is 9.78. The molecule has 1 N–H and O–H groups in total. The van der Waals surface area contributed by atoms with Crippen molar-refractivity contribution in [3.05, 3.63) is 71.6 Å². The number of carbonyl (C=O) groups excluding carboxylic acids is 1. The summed E-state index contributed by atoms with van der Waals surface area (Å²) < 4.78 is 19.0. The molecule has 2 aliphatic heterocycles. The molecule has 10 nitrogen and oxygen atoms in total. The van der Waals surface area contributed by atoms with E-state index < -0.39 is 0 Å². The quantitative estimate of drug-likeness (QED) is 0.160. The summed E-state index contributed by atoms with van der Waals surface area (Å²) in [7, 11) is 4.74. The highest BCUT2D eigenvalue weighted by atomic mass is 35.5. The molecule has 0 atom stereocenters. The van der Waals surface area contributed by atoms with Gasteiger partial charge in [0.25, 0.3) is 0 Å². The maximum absolute atomic E-state index is 12.7. The number of nitrogens with zero attached hydrogens (tertiary/aromatic N) is 5. The maximum atomic E-state index is 12.7. The zero-order valence-electron chi connectivity index (χ0n) is 27.6. The minimum Gasteiger partial charge on any atom is -0.496 e. The van der Waals surface area contributed by atoms with E-state index in [0.29, 0.717) is 60.9 Å². The topological polar surface area (TPSA) is 93.5 Å². The van der Waals surface area contributed by atoms with E-state index in [2.05, 4.69) is 26.7 Å². The van der Waals surface area contributed by atoms with Crippen molar-refractivity contribution in [2.24, 2.45) is 5.41 Å². The molecule has 2 aromatic carbocycles. The van der Waals surface area contributed by atoms with Crippen molar-refractivity contribution >= 4 is 57.0 Å². The number of likely N-dealkylation sites (tertiary alicyclic amines) is 1. The highest BCUT2D eigenvalue weighted by Crippen LogP contribution is 2.50. The fraction of sp³-hybridized carbons (Fsp3) is 0.324. The molecular weight excluding hydrogens is 663 g/mol. The second-order valence-corrected chi connectivity index (χ2v) is 13.9. The fourth-order valence-electron chi connectivity index (χ4n) is 7.54. The van der Waals surface area contributed by atoms with Crippen LogP contribution in [0.1, 0.15) is 19.3 Å². The van der Waals surface area contributed by atoms with Gasteiger partial charge in [-0.1, -0.05) is 29.8 Å². The van der Waals surface area contributed by atoms with Crippen LogP contribution in [0.2, 0.25) is 10.0 Å². The first-order valence-corrected chi connectivity index (χ1v) is 17.0. The normalized spacial score (nSPS) is 17.0. The van der Waals surface area contributed by atoms with Crippen LogP contribution in [-0.4, -0.2) is 78.7 Å². The predicted octanol–water partition coefficient (Wildman–Crippen LogP) is 7.35. The van der Waals surface area contributed by atoms with E-state index in [-0.39, 0.29) is 5.91 Å². The number of nitrogens with one attached hydrogen (secondary N) is 1. The van der Waals surface area contributed by atoms with Crippen molar-refractivity contribution in [3.8, 4) is 39.6 Å². The molecule has 0 bridgehead atoms. The number of anilines is 2. The van der Waals surface area contributed by atoms with E-state index >= 15 is 0 Å². The molecule has 12 heteroatoms. The number of methoxy groups -OCH3 is 3. The van der Waals surface area contributed by atoms with Crippen LogP contribution >= 0.6 is 23.2 Å². The third-order valence-electron chi connectivity index (χ3n) is 10.2. The number of aromatic nitrogens is 3. The van der Waals surface area contributed by atoms with Gasteiger partial charge in [-0.3, -0.25) is 19.1 Å². The van der Waals surface area contributed by atoms with Gasteiger partial charge in [0.05, 0.1) is 54.0 Å². The number of amides is 1. The predicted molar refractivity (Wildman–Crippen MR) is 194 cm³/mol. The van der Waals surface area contributed by atoms with E-state index in [0.717, 1.165) is 47.8 Å². The number of rotatable bonds is 9. The second kappa shape index (κ2) is 12.1.